The number of rotatable bonds is 2. The smallest absolute Gasteiger partial charge is 0.208 e. The topological polar surface area (TPSA) is 57.9 Å². The Kier molecular flexibility index (Phi) is 3.81. The molecule has 2 aromatic rings. The molecule has 2 aromatic carbocycles. The number of hydrogen-bond acceptors (Lipinski definition) is 3. The van der Waals surface area contributed by atoms with E-state index in [1.54, 1.807) is 0 Å². The minimum absolute atomic E-state index is 0.0695. The molecule has 0 aliphatic rings. The zero-order chi connectivity index (χ0) is 14.0. The fourth-order valence-corrected chi connectivity index (χ4v) is 3.50. The molecule has 0 spiro atoms. The summed E-state index contributed by atoms with van der Waals surface area (Å²) in [5, 5.41) is 9.24. The number of halogens is 2. The maximum atomic E-state index is 12.4. The zero-order valence-electron chi connectivity index (χ0n) is 9.47. The van der Waals surface area contributed by atoms with Crippen LogP contribution in [-0.4, -0.2) is 8.42 Å². The van der Waals surface area contributed by atoms with Crippen LogP contribution in [0.15, 0.2) is 52.3 Å². The Bertz CT molecular complexity index is 762. The van der Waals surface area contributed by atoms with Gasteiger partial charge in [-0.25, -0.2) is 8.42 Å². The van der Waals surface area contributed by atoms with Crippen molar-refractivity contribution in [1.82, 2.24) is 0 Å². The van der Waals surface area contributed by atoms with E-state index in [4.69, 9.17) is 28.5 Å². The first-order valence-electron chi connectivity index (χ1n) is 5.16. The standard InChI is InChI=1S/C13H7Cl2NO2S/c14-10-4-6-11(7-5-10)19(17,18)12-3-1-2-9(8-16)13(12)15/h1-7H. The Morgan fingerprint density at radius 2 is 1.63 bits per heavy atom. The maximum absolute atomic E-state index is 12.4. The van der Waals surface area contributed by atoms with E-state index in [0.717, 1.165) is 0 Å². The summed E-state index contributed by atoms with van der Waals surface area (Å²) in [5.74, 6) is 0. The number of nitriles is 1. The van der Waals surface area contributed by atoms with Crippen LogP contribution >= 0.6 is 23.2 Å². The molecular formula is C13H7Cl2NO2S. The Morgan fingerprint density at radius 3 is 2.21 bits per heavy atom. The van der Waals surface area contributed by atoms with E-state index in [2.05, 4.69) is 0 Å². The highest BCUT2D eigenvalue weighted by molar-refractivity contribution is 7.91. The van der Waals surface area contributed by atoms with Gasteiger partial charge in [0.15, 0.2) is 0 Å². The normalized spacial score (nSPS) is 11.0. The predicted octanol–water partition coefficient (Wildman–Crippen LogP) is 3.70. The number of nitrogens with zero attached hydrogens (tertiary/aromatic N) is 1. The summed E-state index contributed by atoms with van der Waals surface area (Å²) >= 11 is 11.7. The molecule has 3 nitrogen and oxygen atoms in total. The lowest BCUT2D eigenvalue weighted by Gasteiger charge is -2.07. The van der Waals surface area contributed by atoms with Gasteiger partial charge in [-0.05, 0) is 36.4 Å². The van der Waals surface area contributed by atoms with Crippen LogP contribution in [0.2, 0.25) is 10.0 Å². The van der Waals surface area contributed by atoms with Crippen molar-refractivity contribution in [2.75, 3.05) is 0 Å². The summed E-state index contributed by atoms with van der Waals surface area (Å²) < 4.78 is 24.8. The van der Waals surface area contributed by atoms with Crippen LogP contribution < -0.4 is 0 Å². The fourth-order valence-electron chi connectivity index (χ4n) is 1.55. The van der Waals surface area contributed by atoms with Crippen LogP contribution in [0, 0.1) is 11.3 Å². The third kappa shape index (κ3) is 2.59. The molecule has 0 bridgehead atoms. The molecule has 0 aliphatic heterocycles. The molecule has 0 aromatic heterocycles. The second-order valence-corrected chi connectivity index (χ2v) is 6.42. The molecule has 19 heavy (non-hydrogen) atoms. The van der Waals surface area contributed by atoms with Crippen LogP contribution in [0.1, 0.15) is 5.56 Å². The van der Waals surface area contributed by atoms with Gasteiger partial charge in [-0.2, -0.15) is 5.26 Å². The second kappa shape index (κ2) is 5.22. The van der Waals surface area contributed by atoms with Crippen molar-refractivity contribution in [1.29, 1.82) is 5.26 Å². The molecule has 0 unspecified atom stereocenters. The Morgan fingerprint density at radius 1 is 1.00 bits per heavy atom. The third-order valence-electron chi connectivity index (χ3n) is 2.50. The van der Waals surface area contributed by atoms with E-state index in [0.29, 0.717) is 5.02 Å². The lowest BCUT2D eigenvalue weighted by atomic mass is 10.2. The van der Waals surface area contributed by atoms with Crippen molar-refractivity contribution in [2.45, 2.75) is 9.79 Å². The van der Waals surface area contributed by atoms with E-state index in [9.17, 15) is 8.42 Å². The second-order valence-electron chi connectivity index (χ2n) is 3.69. The average Bonchev–Trinajstić information content (AvgIpc) is 2.39. The van der Waals surface area contributed by atoms with Gasteiger partial charge in [-0.1, -0.05) is 29.3 Å². The molecule has 2 rings (SSSR count). The summed E-state index contributed by atoms with van der Waals surface area (Å²) in [6.45, 7) is 0. The minimum atomic E-state index is -3.76. The molecule has 0 atom stereocenters. The van der Waals surface area contributed by atoms with E-state index in [-0.39, 0.29) is 20.4 Å². The average molecular weight is 312 g/mol. The molecule has 6 heteroatoms. The highest BCUT2D eigenvalue weighted by atomic mass is 35.5. The Balaban J connectivity index is 2.64. The van der Waals surface area contributed by atoms with Gasteiger partial charge >= 0.3 is 0 Å². The lowest BCUT2D eigenvalue weighted by Crippen LogP contribution is -2.03. The Hall–Kier alpha value is -1.54. The highest BCUT2D eigenvalue weighted by Crippen LogP contribution is 2.30. The van der Waals surface area contributed by atoms with Crippen LogP contribution in [0.4, 0.5) is 0 Å². The fraction of sp³-hybridized carbons (Fsp3) is 0. The molecule has 0 saturated heterocycles. The first kappa shape index (κ1) is 13.9. The van der Waals surface area contributed by atoms with Crippen molar-refractivity contribution in [3.63, 3.8) is 0 Å². The van der Waals surface area contributed by atoms with Crippen LogP contribution in [0.3, 0.4) is 0 Å². The number of sulfone groups is 1. The van der Waals surface area contributed by atoms with Crippen molar-refractivity contribution < 1.29 is 8.42 Å². The minimum Gasteiger partial charge on any atom is -0.218 e. The van der Waals surface area contributed by atoms with Gasteiger partial charge in [-0.3, -0.25) is 0 Å². The van der Waals surface area contributed by atoms with Crippen molar-refractivity contribution in [2.24, 2.45) is 0 Å². The number of hydrogen-bond donors (Lipinski definition) is 0. The van der Waals surface area contributed by atoms with E-state index in [1.165, 1.54) is 42.5 Å². The molecule has 0 amide bonds. The highest BCUT2D eigenvalue weighted by Gasteiger charge is 2.22. The number of benzene rings is 2. The molecule has 0 radical (unpaired) electrons. The molecule has 0 heterocycles. The zero-order valence-corrected chi connectivity index (χ0v) is 11.8. The van der Waals surface area contributed by atoms with Gasteiger partial charge in [0.05, 0.1) is 20.4 Å². The lowest BCUT2D eigenvalue weighted by molar-refractivity contribution is 0.596. The SMILES string of the molecule is N#Cc1cccc(S(=O)(=O)c2ccc(Cl)cc2)c1Cl. The molecule has 0 saturated carbocycles. The first-order chi connectivity index (χ1) is 8.96. The summed E-state index contributed by atoms with van der Waals surface area (Å²) in [6.07, 6.45) is 0. The van der Waals surface area contributed by atoms with Gasteiger partial charge < -0.3 is 0 Å². The molecule has 0 aliphatic carbocycles. The monoisotopic (exact) mass is 311 g/mol. The van der Waals surface area contributed by atoms with Crippen molar-refractivity contribution in [3.8, 4) is 6.07 Å². The quantitative estimate of drug-likeness (QED) is 0.849. The van der Waals surface area contributed by atoms with Gasteiger partial charge in [0, 0.05) is 5.02 Å². The molecule has 0 fully saturated rings. The predicted molar refractivity (Wildman–Crippen MR) is 73.1 cm³/mol. The molecular weight excluding hydrogens is 305 g/mol. The van der Waals surface area contributed by atoms with Crippen LogP contribution in [0.25, 0.3) is 0 Å². The summed E-state index contributed by atoms with van der Waals surface area (Å²) in [4.78, 5) is -0.00979. The summed E-state index contributed by atoms with van der Waals surface area (Å²) in [7, 11) is -3.76. The summed E-state index contributed by atoms with van der Waals surface area (Å²) in [6, 6.07) is 11.9. The maximum Gasteiger partial charge on any atom is 0.208 e. The Labute approximate surface area is 120 Å². The van der Waals surface area contributed by atoms with Gasteiger partial charge in [-0.15, -0.1) is 0 Å². The van der Waals surface area contributed by atoms with Gasteiger partial charge in [0.2, 0.25) is 9.84 Å². The largest absolute Gasteiger partial charge is 0.218 e. The van der Waals surface area contributed by atoms with Crippen molar-refractivity contribution in [3.05, 3.63) is 58.1 Å². The molecule has 0 N–H and O–H groups in total. The third-order valence-corrected chi connectivity index (χ3v) is 5.08. The van der Waals surface area contributed by atoms with Crippen LogP contribution in [0.5, 0.6) is 0 Å². The van der Waals surface area contributed by atoms with E-state index in [1.807, 2.05) is 6.07 Å². The first-order valence-corrected chi connectivity index (χ1v) is 7.40. The van der Waals surface area contributed by atoms with Crippen LogP contribution in [-0.2, 0) is 9.84 Å². The van der Waals surface area contributed by atoms with Gasteiger partial charge in [0.25, 0.3) is 0 Å². The summed E-state index contributed by atoms with van der Waals surface area (Å²) in [5.41, 5.74) is 0.122. The van der Waals surface area contributed by atoms with Gasteiger partial charge in [0.1, 0.15) is 6.07 Å². The molecule has 96 valence electrons. The van der Waals surface area contributed by atoms with E-state index < -0.39 is 9.84 Å². The van der Waals surface area contributed by atoms with E-state index >= 15 is 0 Å². The van der Waals surface area contributed by atoms with Crippen molar-refractivity contribution >= 4 is 33.0 Å².